The third-order valence-electron chi connectivity index (χ3n) is 4.32. The van der Waals surface area contributed by atoms with Gasteiger partial charge in [-0.1, -0.05) is 31.4 Å². The fourth-order valence-electron chi connectivity index (χ4n) is 3.06. The van der Waals surface area contributed by atoms with E-state index >= 15 is 0 Å². The third kappa shape index (κ3) is 4.04. The minimum atomic E-state index is -0.552. The molecule has 1 aliphatic carbocycles. The normalized spacial score (nSPS) is 21.3. The fraction of sp³-hybridized carbons (Fsp3) is 0.471. The predicted molar refractivity (Wildman–Crippen MR) is 91.1 cm³/mol. The number of rotatable bonds is 3. The molecule has 2 aliphatic rings. The molecule has 7 heteroatoms. The van der Waals surface area contributed by atoms with Crippen LogP contribution in [0.3, 0.4) is 0 Å². The van der Waals surface area contributed by atoms with Crippen LogP contribution in [-0.2, 0) is 4.74 Å². The molecule has 0 aromatic heterocycles. The van der Waals surface area contributed by atoms with E-state index in [0.717, 1.165) is 18.4 Å². The zero-order valence-corrected chi connectivity index (χ0v) is 13.7. The summed E-state index contributed by atoms with van der Waals surface area (Å²) in [6.07, 6.45) is 4.76. The number of nitrogens with zero attached hydrogens (tertiary/aromatic N) is 1. The summed E-state index contributed by atoms with van der Waals surface area (Å²) in [6, 6.07) is 7.40. The summed E-state index contributed by atoms with van der Waals surface area (Å²) in [5.41, 5.74) is 4.49. The Balaban J connectivity index is 1.58. The Bertz CT molecular complexity index is 636. The maximum atomic E-state index is 12.0. The summed E-state index contributed by atoms with van der Waals surface area (Å²) in [5.74, 6) is 0. The first-order valence-corrected chi connectivity index (χ1v) is 8.34. The zero-order valence-electron chi connectivity index (χ0n) is 13.7. The van der Waals surface area contributed by atoms with Crippen LogP contribution in [0.25, 0.3) is 0 Å². The van der Waals surface area contributed by atoms with Gasteiger partial charge in [0, 0.05) is 17.3 Å². The molecule has 0 spiro atoms. The molecule has 1 fully saturated rings. The van der Waals surface area contributed by atoms with Crippen LogP contribution >= 0.6 is 0 Å². The number of urea groups is 1. The van der Waals surface area contributed by atoms with Crippen LogP contribution in [0.15, 0.2) is 29.4 Å². The molecule has 1 heterocycles. The van der Waals surface area contributed by atoms with E-state index in [1.807, 2.05) is 12.1 Å². The van der Waals surface area contributed by atoms with Crippen LogP contribution in [0.2, 0.25) is 0 Å². The van der Waals surface area contributed by atoms with Crippen molar-refractivity contribution in [3.05, 3.63) is 29.8 Å². The maximum absolute atomic E-state index is 12.0. The number of ether oxygens (including phenoxy) is 1. The van der Waals surface area contributed by atoms with E-state index in [1.54, 1.807) is 19.1 Å². The smallest absolute Gasteiger partial charge is 0.428 e. The van der Waals surface area contributed by atoms with Gasteiger partial charge in [-0.15, -0.1) is 0 Å². The van der Waals surface area contributed by atoms with Crippen molar-refractivity contribution in [3.8, 4) is 0 Å². The van der Waals surface area contributed by atoms with E-state index in [0.29, 0.717) is 11.4 Å². The number of nitrogens with one attached hydrogen (secondary N) is 3. The molecule has 3 amide bonds. The largest absolute Gasteiger partial charge is 0.439 e. The number of carbonyl (C=O) groups is 2. The van der Waals surface area contributed by atoms with Gasteiger partial charge in [-0.05, 0) is 31.9 Å². The number of benzene rings is 1. The molecule has 24 heavy (non-hydrogen) atoms. The third-order valence-corrected chi connectivity index (χ3v) is 4.32. The van der Waals surface area contributed by atoms with Crippen LogP contribution in [-0.4, -0.2) is 30.0 Å². The molecular weight excluding hydrogens is 308 g/mol. The lowest BCUT2D eigenvalue weighted by Crippen LogP contribution is -2.39. The summed E-state index contributed by atoms with van der Waals surface area (Å²) >= 11 is 0. The highest BCUT2D eigenvalue weighted by Crippen LogP contribution is 2.18. The highest BCUT2D eigenvalue weighted by Gasteiger charge is 2.22. The quantitative estimate of drug-likeness (QED) is 0.795. The average molecular weight is 330 g/mol. The number of anilines is 1. The van der Waals surface area contributed by atoms with E-state index in [9.17, 15) is 9.59 Å². The number of hydrogen-bond acceptors (Lipinski definition) is 4. The fourth-order valence-corrected chi connectivity index (χ4v) is 3.06. The SMILES string of the molecule is CC1OC(=O)NN=C1c1ccc(NC(=O)NC2CCCCC2)cc1. The van der Waals surface area contributed by atoms with Gasteiger partial charge in [0.2, 0.25) is 0 Å². The van der Waals surface area contributed by atoms with Gasteiger partial charge in [-0.3, -0.25) is 0 Å². The highest BCUT2D eigenvalue weighted by atomic mass is 16.6. The second-order valence-electron chi connectivity index (χ2n) is 6.17. The van der Waals surface area contributed by atoms with Crippen LogP contribution in [0.1, 0.15) is 44.6 Å². The van der Waals surface area contributed by atoms with Crippen molar-refractivity contribution in [1.29, 1.82) is 0 Å². The average Bonchev–Trinajstić information content (AvgIpc) is 2.57. The zero-order chi connectivity index (χ0) is 16.9. The van der Waals surface area contributed by atoms with Crippen LogP contribution in [0.4, 0.5) is 15.3 Å². The lowest BCUT2D eigenvalue weighted by atomic mass is 9.96. The summed E-state index contributed by atoms with van der Waals surface area (Å²) < 4.78 is 5.07. The van der Waals surface area contributed by atoms with Gasteiger partial charge < -0.3 is 15.4 Å². The lowest BCUT2D eigenvalue weighted by Gasteiger charge is -2.23. The molecule has 1 aromatic rings. The number of cyclic esters (lactones) is 1. The van der Waals surface area contributed by atoms with Crippen molar-refractivity contribution in [1.82, 2.24) is 10.7 Å². The molecule has 0 bridgehead atoms. The van der Waals surface area contributed by atoms with E-state index in [2.05, 4.69) is 21.2 Å². The number of hydrogen-bond donors (Lipinski definition) is 3. The molecule has 1 unspecified atom stereocenters. The number of carbonyl (C=O) groups excluding carboxylic acids is 2. The Kier molecular flexibility index (Phi) is 4.98. The van der Waals surface area contributed by atoms with Crippen molar-refractivity contribution in [2.45, 2.75) is 51.2 Å². The van der Waals surface area contributed by atoms with Crippen molar-refractivity contribution in [3.63, 3.8) is 0 Å². The van der Waals surface area contributed by atoms with Crippen molar-refractivity contribution in [2.24, 2.45) is 5.10 Å². The highest BCUT2D eigenvalue weighted by molar-refractivity contribution is 6.06. The van der Waals surface area contributed by atoms with Crippen LogP contribution < -0.4 is 16.1 Å². The molecule has 7 nitrogen and oxygen atoms in total. The minimum Gasteiger partial charge on any atom is -0.439 e. The van der Waals surface area contributed by atoms with Crippen molar-refractivity contribution >= 4 is 23.5 Å². The minimum absolute atomic E-state index is 0.173. The van der Waals surface area contributed by atoms with E-state index < -0.39 is 12.2 Å². The molecular formula is C17H22N4O3. The lowest BCUT2D eigenvalue weighted by molar-refractivity contribution is 0.127. The standard InChI is InChI=1S/C17H22N4O3/c1-11-15(20-21-17(23)24-11)12-7-9-14(10-8-12)19-16(22)18-13-5-3-2-4-6-13/h7-11,13H,2-6H2,1H3,(H,21,23)(H2,18,19,22). The molecule has 1 aliphatic heterocycles. The molecule has 0 radical (unpaired) electrons. The Morgan fingerprint density at radius 2 is 1.92 bits per heavy atom. The summed E-state index contributed by atoms with van der Waals surface area (Å²) in [5, 5.41) is 9.88. The monoisotopic (exact) mass is 330 g/mol. The first-order valence-electron chi connectivity index (χ1n) is 8.34. The van der Waals surface area contributed by atoms with Gasteiger partial charge in [-0.25, -0.2) is 15.0 Å². The first kappa shape index (κ1) is 16.3. The summed E-state index contributed by atoms with van der Waals surface area (Å²) in [4.78, 5) is 23.1. The topological polar surface area (TPSA) is 91.8 Å². The van der Waals surface area contributed by atoms with E-state index in [4.69, 9.17) is 4.74 Å². The Morgan fingerprint density at radius 3 is 2.58 bits per heavy atom. The maximum Gasteiger partial charge on any atom is 0.428 e. The second kappa shape index (κ2) is 7.33. The molecule has 0 saturated heterocycles. The van der Waals surface area contributed by atoms with Crippen LogP contribution in [0.5, 0.6) is 0 Å². The van der Waals surface area contributed by atoms with Crippen LogP contribution in [0, 0.1) is 0 Å². The van der Waals surface area contributed by atoms with Gasteiger partial charge in [-0.2, -0.15) is 5.10 Å². The van der Waals surface area contributed by atoms with E-state index in [-0.39, 0.29) is 12.1 Å². The molecule has 1 saturated carbocycles. The summed E-state index contributed by atoms with van der Waals surface area (Å²) in [6.45, 7) is 1.77. The molecule has 1 aromatic carbocycles. The molecule has 3 rings (SSSR count). The first-order chi connectivity index (χ1) is 11.6. The number of hydrazone groups is 1. The number of amides is 3. The van der Waals surface area contributed by atoms with Gasteiger partial charge in [0.25, 0.3) is 0 Å². The van der Waals surface area contributed by atoms with Gasteiger partial charge in [0.15, 0.2) is 0 Å². The van der Waals surface area contributed by atoms with Crippen molar-refractivity contribution < 1.29 is 14.3 Å². The van der Waals surface area contributed by atoms with Gasteiger partial charge in [0.05, 0.1) is 0 Å². The van der Waals surface area contributed by atoms with Gasteiger partial charge in [0.1, 0.15) is 11.8 Å². The molecule has 1 atom stereocenters. The van der Waals surface area contributed by atoms with E-state index in [1.165, 1.54) is 19.3 Å². The Labute approximate surface area is 140 Å². The summed E-state index contributed by atoms with van der Waals surface area (Å²) in [7, 11) is 0. The molecule has 3 N–H and O–H groups in total. The predicted octanol–water partition coefficient (Wildman–Crippen LogP) is 2.97. The Morgan fingerprint density at radius 1 is 1.21 bits per heavy atom. The van der Waals surface area contributed by atoms with Crippen molar-refractivity contribution in [2.75, 3.05) is 5.32 Å². The second-order valence-corrected chi connectivity index (χ2v) is 6.17. The molecule has 128 valence electrons. The Hall–Kier alpha value is -2.57. The van der Waals surface area contributed by atoms with Gasteiger partial charge >= 0.3 is 12.1 Å².